The Bertz CT molecular complexity index is 1300. The summed E-state index contributed by atoms with van der Waals surface area (Å²) in [5.41, 5.74) is 0.981. The van der Waals surface area contributed by atoms with Crippen molar-refractivity contribution >= 4 is 53.8 Å². The summed E-state index contributed by atoms with van der Waals surface area (Å²) in [5, 5.41) is 2.45. The molecule has 0 N–H and O–H groups in total. The summed E-state index contributed by atoms with van der Waals surface area (Å²) in [7, 11) is -3.34. The van der Waals surface area contributed by atoms with Crippen molar-refractivity contribution in [3.05, 3.63) is 76.2 Å². The number of thiophene rings is 1. The maximum absolute atomic E-state index is 13.3. The molecule has 4 rings (SSSR count). The van der Waals surface area contributed by atoms with Crippen LogP contribution in [0.5, 0.6) is 0 Å². The van der Waals surface area contributed by atoms with E-state index in [-0.39, 0.29) is 10.8 Å². The molecular formula is C21H17FN2O3S3. The Morgan fingerprint density at radius 1 is 1.13 bits per heavy atom. The Morgan fingerprint density at radius 2 is 1.90 bits per heavy atom. The lowest BCUT2D eigenvalue weighted by Crippen LogP contribution is -2.32. The average molecular weight is 461 g/mol. The topological polar surface area (TPSA) is 67.3 Å². The Morgan fingerprint density at radius 3 is 2.57 bits per heavy atom. The Balaban J connectivity index is 1.72. The van der Waals surface area contributed by atoms with Gasteiger partial charge in [0.05, 0.1) is 15.1 Å². The first kappa shape index (κ1) is 20.6. The lowest BCUT2D eigenvalue weighted by Gasteiger charge is -2.19. The van der Waals surface area contributed by atoms with Crippen molar-refractivity contribution in [2.24, 2.45) is 0 Å². The second-order valence-corrected chi connectivity index (χ2v) is 10.7. The number of carbonyl (C=O) groups excluding carboxylic acids is 1. The Hall–Kier alpha value is -2.62. The molecule has 0 aliphatic heterocycles. The van der Waals surface area contributed by atoms with Crippen LogP contribution in [0.25, 0.3) is 10.2 Å². The summed E-state index contributed by atoms with van der Waals surface area (Å²) in [4.78, 5) is 20.7. The van der Waals surface area contributed by atoms with Gasteiger partial charge in [0.2, 0.25) is 0 Å². The number of benzene rings is 2. The van der Waals surface area contributed by atoms with E-state index in [0.717, 1.165) is 11.1 Å². The standard InChI is InChI=1S/C21H17FN2O3S3/c1-30(26,27)17-8-9-18-19(13-17)29-21(23-18)24(11-10-16-3-2-12-28-16)20(25)14-4-6-15(22)7-5-14/h2-9,12-13H,10-11H2,1H3. The third kappa shape index (κ3) is 4.43. The monoisotopic (exact) mass is 460 g/mol. The van der Waals surface area contributed by atoms with Gasteiger partial charge in [-0.15, -0.1) is 11.3 Å². The van der Waals surface area contributed by atoms with E-state index in [1.165, 1.54) is 41.7 Å². The van der Waals surface area contributed by atoms with Gasteiger partial charge in [0.1, 0.15) is 5.82 Å². The molecule has 4 aromatic rings. The van der Waals surface area contributed by atoms with Crippen molar-refractivity contribution in [1.29, 1.82) is 0 Å². The summed E-state index contributed by atoms with van der Waals surface area (Å²) in [6.45, 7) is 0.398. The number of rotatable bonds is 6. The number of amides is 1. The highest BCUT2D eigenvalue weighted by Crippen LogP contribution is 2.32. The van der Waals surface area contributed by atoms with Crippen LogP contribution in [0.4, 0.5) is 9.52 Å². The molecule has 5 nitrogen and oxygen atoms in total. The van der Waals surface area contributed by atoms with Crippen LogP contribution in [0.15, 0.2) is 64.9 Å². The molecule has 2 aromatic heterocycles. The molecule has 0 atom stereocenters. The maximum atomic E-state index is 13.3. The van der Waals surface area contributed by atoms with Crippen molar-refractivity contribution in [3.63, 3.8) is 0 Å². The molecule has 0 saturated carbocycles. The molecule has 0 fully saturated rings. The highest BCUT2D eigenvalue weighted by molar-refractivity contribution is 7.90. The second kappa shape index (κ2) is 8.25. The summed E-state index contributed by atoms with van der Waals surface area (Å²) in [6.07, 6.45) is 1.80. The van der Waals surface area contributed by atoms with Gasteiger partial charge < -0.3 is 0 Å². The summed E-state index contributed by atoms with van der Waals surface area (Å²) >= 11 is 2.87. The maximum Gasteiger partial charge on any atom is 0.260 e. The van der Waals surface area contributed by atoms with Gasteiger partial charge >= 0.3 is 0 Å². The lowest BCUT2D eigenvalue weighted by atomic mass is 10.2. The van der Waals surface area contributed by atoms with Crippen molar-refractivity contribution in [1.82, 2.24) is 4.98 Å². The van der Waals surface area contributed by atoms with Gasteiger partial charge in [-0.05, 0) is 60.3 Å². The molecule has 2 heterocycles. The van der Waals surface area contributed by atoms with E-state index >= 15 is 0 Å². The molecular weight excluding hydrogens is 443 g/mol. The molecule has 0 aliphatic rings. The van der Waals surface area contributed by atoms with Crippen LogP contribution in [0.1, 0.15) is 15.2 Å². The third-order valence-corrected chi connectivity index (χ3v) is 7.59. The number of thiazole rings is 1. The van der Waals surface area contributed by atoms with Crippen LogP contribution in [0, 0.1) is 5.82 Å². The molecule has 0 unspecified atom stereocenters. The zero-order valence-electron chi connectivity index (χ0n) is 15.9. The van der Waals surface area contributed by atoms with Crippen LogP contribution < -0.4 is 4.90 Å². The SMILES string of the molecule is CS(=O)(=O)c1ccc2nc(N(CCc3cccs3)C(=O)c3ccc(F)cc3)sc2c1. The van der Waals surface area contributed by atoms with Gasteiger partial charge in [-0.3, -0.25) is 9.69 Å². The second-order valence-electron chi connectivity index (χ2n) is 6.69. The summed E-state index contributed by atoms with van der Waals surface area (Å²) < 4.78 is 37.7. The predicted octanol–water partition coefficient (Wildman–Crippen LogP) is 4.79. The van der Waals surface area contributed by atoms with Gasteiger partial charge in [0.25, 0.3) is 5.91 Å². The van der Waals surface area contributed by atoms with E-state index in [2.05, 4.69) is 4.98 Å². The fourth-order valence-electron chi connectivity index (χ4n) is 2.95. The largest absolute Gasteiger partial charge is 0.284 e. The van der Waals surface area contributed by atoms with Gasteiger partial charge in [0.15, 0.2) is 15.0 Å². The number of anilines is 1. The zero-order chi connectivity index (χ0) is 21.3. The number of hydrogen-bond donors (Lipinski definition) is 0. The first-order valence-corrected chi connectivity index (χ1v) is 12.6. The normalized spacial score (nSPS) is 11.7. The molecule has 0 bridgehead atoms. The molecule has 2 aromatic carbocycles. The van der Waals surface area contributed by atoms with E-state index in [1.54, 1.807) is 28.4 Å². The van der Waals surface area contributed by atoms with Crippen LogP contribution in [-0.2, 0) is 16.3 Å². The fraction of sp³-hybridized carbons (Fsp3) is 0.143. The van der Waals surface area contributed by atoms with E-state index in [0.29, 0.717) is 33.9 Å². The number of aromatic nitrogens is 1. The number of hydrogen-bond acceptors (Lipinski definition) is 6. The molecule has 0 aliphatic carbocycles. The molecule has 0 spiro atoms. The molecule has 0 saturated heterocycles. The number of sulfone groups is 1. The summed E-state index contributed by atoms with van der Waals surface area (Å²) in [5.74, 6) is -0.695. The smallest absolute Gasteiger partial charge is 0.260 e. The van der Waals surface area contributed by atoms with E-state index in [4.69, 9.17) is 0 Å². The Labute approximate surface area is 181 Å². The minimum atomic E-state index is -3.34. The minimum absolute atomic E-state index is 0.209. The van der Waals surface area contributed by atoms with Gasteiger partial charge in [-0.25, -0.2) is 17.8 Å². The number of halogens is 1. The highest BCUT2D eigenvalue weighted by atomic mass is 32.2. The molecule has 9 heteroatoms. The van der Waals surface area contributed by atoms with Crippen molar-refractivity contribution in [3.8, 4) is 0 Å². The van der Waals surface area contributed by atoms with Crippen molar-refractivity contribution in [2.75, 3.05) is 17.7 Å². The number of nitrogens with zero attached hydrogens (tertiary/aromatic N) is 2. The minimum Gasteiger partial charge on any atom is -0.284 e. The quantitative estimate of drug-likeness (QED) is 0.415. The highest BCUT2D eigenvalue weighted by Gasteiger charge is 2.22. The third-order valence-electron chi connectivity index (χ3n) is 4.51. The molecule has 154 valence electrons. The lowest BCUT2D eigenvalue weighted by molar-refractivity contribution is 0.0987. The van der Waals surface area contributed by atoms with Crippen LogP contribution in [-0.4, -0.2) is 32.1 Å². The molecule has 1 amide bonds. The van der Waals surface area contributed by atoms with Gasteiger partial charge in [-0.2, -0.15) is 0 Å². The summed E-state index contributed by atoms with van der Waals surface area (Å²) in [6, 6.07) is 14.1. The first-order chi connectivity index (χ1) is 14.3. The predicted molar refractivity (Wildman–Crippen MR) is 119 cm³/mol. The van der Waals surface area contributed by atoms with Crippen LogP contribution in [0.2, 0.25) is 0 Å². The molecule has 30 heavy (non-hydrogen) atoms. The first-order valence-electron chi connectivity index (χ1n) is 9.02. The van der Waals surface area contributed by atoms with Crippen LogP contribution >= 0.6 is 22.7 Å². The van der Waals surface area contributed by atoms with Crippen molar-refractivity contribution < 1.29 is 17.6 Å². The van der Waals surface area contributed by atoms with Crippen LogP contribution in [0.3, 0.4) is 0 Å². The Kier molecular flexibility index (Phi) is 5.68. The van der Waals surface area contributed by atoms with E-state index in [1.807, 2.05) is 17.5 Å². The van der Waals surface area contributed by atoms with Gasteiger partial charge in [-0.1, -0.05) is 17.4 Å². The van der Waals surface area contributed by atoms with E-state index in [9.17, 15) is 17.6 Å². The van der Waals surface area contributed by atoms with Crippen molar-refractivity contribution in [2.45, 2.75) is 11.3 Å². The van der Waals surface area contributed by atoms with Gasteiger partial charge in [0, 0.05) is 23.2 Å². The number of carbonyl (C=O) groups is 1. The molecule has 0 radical (unpaired) electrons. The average Bonchev–Trinajstić information content (AvgIpc) is 3.36. The number of fused-ring (bicyclic) bond motifs is 1. The van der Waals surface area contributed by atoms with E-state index < -0.39 is 15.7 Å². The fourth-order valence-corrected chi connectivity index (χ4v) is 5.40. The zero-order valence-corrected chi connectivity index (χ0v) is 18.4.